The van der Waals surface area contributed by atoms with Gasteiger partial charge in [-0.15, -0.1) is 0 Å². The van der Waals surface area contributed by atoms with Crippen LogP contribution >= 0.6 is 0 Å². The molecular weight excluding hydrogens is 378 g/mol. The number of anilines is 2. The Morgan fingerprint density at radius 1 is 1.20 bits per heavy atom. The highest BCUT2D eigenvalue weighted by Crippen LogP contribution is 2.24. The second kappa shape index (κ2) is 10.5. The van der Waals surface area contributed by atoms with Crippen molar-refractivity contribution >= 4 is 17.3 Å². The number of rotatable bonds is 9. The van der Waals surface area contributed by atoms with Crippen LogP contribution in [0, 0.1) is 5.92 Å². The van der Waals surface area contributed by atoms with E-state index in [1.807, 2.05) is 36.4 Å². The maximum absolute atomic E-state index is 12.5. The molecule has 2 aromatic carbocycles. The molecule has 1 aliphatic rings. The van der Waals surface area contributed by atoms with Gasteiger partial charge in [-0.2, -0.15) is 0 Å². The number of amides is 1. The summed E-state index contributed by atoms with van der Waals surface area (Å²) >= 11 is 0. The van der Waals surface area contributed by atoms with E-state index in [1.165, 1.54) is 0 Å². The number of aliphatic hydroxyl groups excluding tert-OH is 1. The first kappa shape index (κ1) is 22.1. The van der Waals surface area contributed by atoms with Crippen molar-refractivity contribution < 1.29 is 14.6 Å². The van der Waals surface area contributed by atoms with E-state index in [0.29, 0.717) is 30.7 Å². The molecule has 1 fully saturated rings. The molecule has 0 aliphatic carbocycles. The van der Waals surface area contributed by atoms with E-state index in [9.17, 15) is 4.79 Å². The Bertz CT molecular complexity index is 805. The summed E-state index contributed by atoms with van der Waals surface area (Å²) in [6.45, 7) is 7.71. The summed E-state index contributed by atoms with van der Waals surface area (Å²) in [6, 6.07) is 15.7. The monoisotopic (exact) mass is 411 g/mol. The first-order valence-electron chi connectivity index (χ1n) is 10.7. The molecule has 1 heterocycles. The van der Waals surface area contributed by atoms with Gasteiger partial charge < -0.3 is 20.1 Å². The van der Waals surface area contributed by atoms with Crippen LogP contribution in [0.1, 0.15) is 30.6 Å². The molecule has 1 atom stereocenters. The first-order chi connectivity index (χ1) is 14.5. The maximum Gasteiger partial charge on any atom is 0.255 e. The fourth-order valence-electron chi connectivity index (χ4n) is 3.60. The molecule has 1 unspecified atom stereocenters. The number of hydrogen-bond acceptors (Lipinski definition) is 5. The third kappa shape index (κ3) is 5.97. The summed E-state index contributed by atoms with van der Waals surface area (Å²) in [5.74, 6) is 1.10. The van der Waals surface area contributed by atoms with Crippen molar-refractivity contribution in [3.63, 3.8) is 0 Å². The second-order valence-corrected chi connectivity index (χ2v) is 8.32. The normalized spacial score (nSPS) is 16.3. The standard InChI is InChI=1S/C24H33N3O3/c1-18(2)17-30-23-10-4-19(5-11-23)24(29)25-20-6-8-21(9-7-20)27-13-12-22(16-27)26(3)14-15-28/h4-11,18,22,28H,12-17H2,1-3H3,(H,25,29). The van der Waals surface area contributed by atoms with Crippen molar-refractivity contribution in [3.05, 3.63) is 54.1 Å². The van der Waals surface area contributed by atoms with E-state index >= 15 is 0 Å². The molecule has 2 N–H and O–H groups in total. The van der Waals surface area contributed by atoms with Crippen LogP contribution < -0.4 is 15.0 Å². The fraction of sp³-hybridized carbons (Fsp3) is 0.458. The van der Waals surface area contributed by atoms with E-state index < -0.39 is 0 Å². The minimum Gasteiger partial charge on any atom is -0.493 e. The molecule has 1 saturated heterocycles. The van der Waals surface area contributed by atoms with Crippen LogP contribution in [0.3, 0.4) is 0 Å². The highest BCUT2D eigenvalue weighted by atomic mass is 16.5. The van der Waals surface area contributed by atoms with Crippen molar-refractivity contribution in [2.24, 2.45) is 5.92 Å². The lowest BCUT2D eigenvalue weighted by molar-refractivity contribution is 0.102. The van der Waals surface area contributed by atoms with E-state index in [0.717, 1.165) is 36.6 Å². The SMILES string of the molecule is CC(C)COc1ccc(C(=O)Nc2ccc(N3CCC(N(C)CCO)C3)cc2)cc1. The van der Waals surface area contributed by atoms with Crippen molar-refractivity contribution in [2.75, 3.05) is 50.1 Å². The van der Waals surface area contributed by atoms with Crippen LogP contribution in [-0.2, 0) is 0 Å². The van der Waals surface area contributed by atoms with E-state index in [4.69, 9.17) is 9.84 Å². The van der Waals surface area contributed by atoms with Gasteiger partial charge in [-0.25, -0.2) is 0 Å². The van der Waals surface area contributed by atoms with Gasteiger partial charge >= 0.3 is 0 Å². The van der Waals surface area contributed by atoms with Crippen LogP contribution in [0.5, 0.6) is 5.75 Å². The van der Waals surface area contributed by atoms with E-state index in [2.05, 4.69) is 36.0 Å². The van der Waals surface area contributed by atoms with Gasteiger partial charge in [0.25, 0.3) is 5.91 Å². The lowest BCUT2D eigenvalue weighted by Gasteiger charge is -2.24. The summed E-state index contributed by atoms with van der Waals surface area (Å²) in [6.07, 6.45) is 1.09. The van der Waals surface area contributed by atoms with Gasteiger partial charge in [-0.05, 0) is 67.9 Å². The molecule has 0 spiro atoms. The number of carbonyl (C=O) groups is 1. The Morgan fingerprint density at radius 2 is 1.90 bits per heavy atom. The number of benzene rings is 2. The molecule has 0 radical (unpaired) electrons. The third-order valence-corrected chi connectivity index (χ3v) is 5.43. The van der Waals surface area contributed by atoms with E-state index in [-0.39, 0.29) is 12.5 Å². The molecule has 162 valence electrons. The van der Waals surface area contributed by atoms with Gasteiger partial charge in [0.15, 0.2) is 0 Å². The number of likely N-dealkylation sites (N-methyl/N-ethyl adjacent to an activating group) is 1. The minimum absolute atomic E-state index is 0.134. The Hall–Kier alpha value is -2.57. The zero-order valence-corrected chi connectivity index (χ0v) is 18.2. The topological polar surface area (TPSA) is 65.0 Å². The highest BCUT2D eigenvalue weighted by Gasteiger charge is 2.25. The predicted octanol–water partition coefficient (Wildman–Crippen LogP) is 3.48. The van der Waals surface area contributed by atoms with Crippen LogP contribution in [-0.4, -0.2) is 61.9 Å². The summed E-state index contributed by atoms with van der Waals surface area (Å²) in [4.78, 5) is 17.1. The molecule has 6 nitrogen and oxygen atoms in total. The Labute approximate surface area is 179 Å². The number of ether oxygens (including phenoxy) is 1. The van der Waals surface area contributed by atoms with Gasteiger partial charge in [-0.1, -0.05) is 13.8 Å². The van der Waals surface area contributed by atoms with Crippen LogP contribution in [0.2, 0.25) is 0 Å². The second-order valence-electron chi connectivity index (χ2n) is 8.32. The lowest BCUT2D eigenvalue weighted by Crippen LogP contribution is -2.36. The van der Waals surface area contributed by atoms with Crippen molar-refractivity contribution in [1.29, 1.82) is 0 Å². The largest absolute Gasteiger partial charge is 0.493 e. The highest BCUT2D eigenvalue weighted by molar-refractivity contribution is 6.04. The van der Waals surface area contributed by atoms with Crippen LogP contribution in [0.15, 0.2) is 48.5 Å². The molecule has 2 aromatic rings. The molecule has 1 amide bonds. The molecule has 6 heteroatoms. The van der Waals surface area contributed by atoms with Crippen LogP contribution in [0.25, 0.3) is 0 Å². The van der Waals surface area contributed by atoms with Crippen molar-refractivity contribution in [1.82, 2.24) is 4.90 Å². The Balaban J connectivity index is 1.53. The zero-order valence-electron chi connectivity index (χ0n) is 18.2. The zero-order chi connectivity index (χ0) is 21.5. The molecule has 0 saturated carbocycles. The lowest BCUT2D eigenvalue weighted by atomic mass is 10.2. The van der Waals surface area contributed by atoms with Gasteiger partial charge in [0, 0.05) is 42.6 Å². The summed E-state index contributed by atoms with van der Waals surface area (Å²) < 4.78 is 5.67. The van der Waals surface area contributed by atoms with Gasteiger partial charge in [0.2, 0.25) is 0 Å². The molecular formula is C24H33N3O3. The third-order valence-electron chi connectivity index (χ3n) is 5.43. The average molecular weight is 412 g/mol. The van der Waals surface area contributed by atoms with Gasteiger partial charge in [-0.3, -0.25) is 9.69 Å². The minimum atomic E-state index is -0.134. The average Bonchev–Trinajstić information content (AvgIpc) is 3.24. The number of carbonyl (C=O) groups excluding carboxylic acids is 1. The first-order valence-corrected chi connectivity index (χ1v) is 10.7. The molecule has 0 aromatic heterocycles. The van der Waals surface area contributed by atoms with Crippen molar-refractivity contribution in [3.8, 4) is 5.75 Å². The quantitative estimate of drug-likeness (QED) is 0.661. The summed E-state index contributed by atoms with van der Waals surface area (Å²) in [7, 11) is 2.06. The smallest absolute Gasteiger partial charge is 0.255 e. The summed E-state index contributed by atoms with van der Waals surface area (Å²) in [5.41, 5.74) is 2.53. The number of nitrogens with one attached hydrogen (secondary N) is 1. The maximum atomic E-state index is 12.5. The fourth-order valence-corrected chi connectivity index (χ4v) is 3.60. The number of hydrogen-bond donors (Lipinski definition) is 2. The molecule has 0 bridgehead atoms. The molecule has 3 rings (SSSR count). The number of aliphatic hydroxyl groups is 1. The summed E-state index contributed by atoms with van der Waals surface area (Å²) in [5, 5.41) is 12.1. The Kier molecular flexibility index (Phi) is 7.71. The molecule has 30 heavy (non-hydrogen) atoms. The van der Waals surface area contributed by atoms with Crippen molar-refractivity contribution in [2.45, 2.75) is 26.3 Å². The van der Waals surface area contributed by atoms with Crippen LogP contribution in [0.4, 0.5) is 11.4 Å². The number of nitrogens with zero attached hydrogens (tertiary/aromatic N) is 2. The van der Waals surface area contributed by atoms with Gasteiger partial charge in [0.05, 0.1) is 13.2 Å². The van der Waals surface area contributed by atoms with Gasteiger partial charge in [0.1, 0.15) is 5.75 Å². The molecule has 1 aliphatic heterocycles. The predicted molar refractivity (Wildman–Crippen MR) is 122 cm³/mol. The Morgan fingerprint density at radius 3 is 2.53 bits per heavy atom. The van der Waals surface area contributed by atoms with E-state index in [1.54, 1.807) is 12.1 Å².